The fraction of sp³-hybridized carbons (Fsp3) is 0.515. The molecule has 1 amide bonds. The number of rotatable bonds is 15. The lowest BCUT2D eigenvalue weighted by Gasteiger charge is -2.29. The fourth-order valence-electron chi connectivity index (χ4n) is 5.36. The number of aliphatic hydroxyl groups excluding tert-OH is 1. The van der Waals surface area contributed by atoms with Crippen LogP contribution >= 0.6 is 0 Å². The van der Waals surface area contributed by atoms with E-state index in [0.717, 1.165) is 45.3 Å². The molecule has 1 N–H and O–H groups in total. The summed E-state index contributed by atoms with van der Waals surface area (Å²) in [6, 6.07) is 11.7. The number of unbranched alkanes of at least 4 members (excludes halogenated alkanes) is 2. The largest absolute Gasteiger partial charge is 0.507 e. The Bertz CT molecular complexity index is 1240. The maximum absolute atomic E-state index is 13.5. The van der Waals surface area contributed by atoms with E-state index in [1.807, 2.05) is 19.1 Å². The van der Waals surface area contributed by atoms with E-state index in [4.69, 9.17) is 18.9 Å². The summed E-state index contributed by atoms with van der Waals surface area (Å²) < 4.78 is 22.8. The van der Waals surface area contributed by atoms with Gasteiger partial charge in [-0.3, -0.25) is 14.5 Å². The van der Waals surface area contributed by atoms with Gasteiger partial charge in [-0.15, -0.1) is 0 Å². The highest BCUT2D eigenvalue weighted by Gasteiger charge is 2.46. The molecule has 1 unspecified atom stereocenters. The lowest BCUT2D eigenvalue weighted by atomic mass is 9.95. The van der Waals surface area contributed by atoms with Crippen molar-refractivity contribution in [3.63, 3.8) is 0 Å². The van der Waals surface area contributed by atoms with Crippen molar-refractivity contribution < 1.29 is 33.6 Å². The van der Waals surface area contributed by atoms with Gasteiger partial charge in [-0.25, -0.2) is 0 Å². The first kappa shape index (κ1) is 31.4. The van der Waals surface area contributed by atoms with E-state index in [-0.39, 0.29) is 11.3 Å². The predicted octanol–water partition coefficient (Wildman–Crippen LogP) is 5.20. The lowest BCUT2D eigenvalue weighted by molar-refractivity contribution is -0.140. The molecule has 0 bridgehead atoms. The summed E-state index contributed by atoms with van der Waals surface area (Å²) in [4.78, 5) is 30.9. The zero-order valence-electron chi connectivity index (χ0n) is 25.1. The van der Waals surface area contributed by atoms with Gasteiger partial charge >= 0.3 is 0 Å². The third kappa shape index (κ3) is 7.63. The second-order valence-electron chi connectivity index (χ2n) is 10.6. The number of aliphatic hydroxyl groups is 1. The number of hydrogen-bond donors (Lipinski definition) is 1. The number of Topliss-reactive ketones (excluding diaryl/α,β-unsaturated/α-hetero) is 1. The Labute approximate surface area is 249 Å². The van der Waals surface area contributed by atoms with Crippen LogP contribution in [0.4, 0.5) is 0 Å². The Hall–Kier alpha value is -3.56. The molecular formula is C33H44N2O7. The maximum Gasteiger partial charge on any atom is 0.295 e. The van der Waals surface area contributed by atoms with Gasteiger partial charge in [0.25, 0.3) is 11.7 Å². The van der Waals surface area contributed by atoms with E-state index in [0.29, 0.717) is 67.8 Å². The molecule has 2 fully saturated rings. The molecule has 0 aromatic heterocycles. The molecule has 2 aromatic rings. The van der Waals surface area contributed by atoms with Crippen molar-refractivity contribution in [2.75, 3.05) is 59.7 Å². The number of ether oxygens (including phenoxy) is 4. The number of carbonyl (C=O) groups excluding carboxylic acids is 2. The number of amides is 1. The van der Waals surface area contributed by atoms with Crippen molar-refractivity contribution in [2.24, 2.45) is 0 Å². The van der Waals surface area contributed by atoms with Crippen LogP contribution in [-0.2, 0) is 14.3 Å². The average molecular weight is 581 g/mol. The third-order valence-corrected chi connectivity index (χ3v) is 7.61. The summed E-state index contributed by atoms with van der Waals surface area (Å²) in [6.07, 6.45) is 4.62. The summed E-state index contributed by atoms with van der Waals surface area (Å²) >= 11 is 0. The van der Waals surface area contributed by atoms with E-state index in [9.17, 15) is 14.7 Å². The second-order valence-corrected chi connectivity index (χ2v) is 10.6. The van der Waals surface area contributed by atoms with Crippen LogP contribution < -0.4 is 14.2 Å². The molecule has 2 aliphatic rings. The van der Waals surface area contributed by atoms with Crippen molar-refractivity contribution >= 4 is 17.4 Å². The van der Waals surface area contributed by atoms with E-state index >= 15 is 0 Å². The minimum atomic E-state index is -0.780. The van der Waals surface area contributed by atoms with E-state index in [1.54, 1.807) is 42.3 Å². The highest BCUT2D eigenvalue weighted by Crippen LogP contribution is 2.42. The van der Waals surface area contributed by atoms with Crippen LogP contribution in [0.15, 0.2) is 48.0 Å². The topological polar surface area (TPSA) is 97.8 Å². The molecule has 42 heavy (non-hydrogen) atoms. The van der Waals surface area contributed by atoms with Gasteiger partial charge < -0.3 is 29.0 Å². The van der Waals surface area contributed by atoms with E-state index in [2.05, 4.69) is 11.8 Å². The van der Waals surface area contributed by atoms with Gasteiger partial charge in [0.05, 0.1) is 45.2 Å². The third-order valence-electron chi connectivity index (χ3n) is 7.61. The fourth-order valence-corrected chi connectivity index (χ4v) is 5.36. The molecule has 4 rings (SSSR count). The first-order valence-corrected chi connectivity index (χ1v) is 15.1. The number of nitrogens with zero attached hydrogens (tertiary/aromatic N) is 2. The van der Waals surface area contributed by atoms with Crippen molar-refractivity contribution in [3.05, 3.63) is 59.2 Å². The standard InChI is InChI=1S/C33H44N2O7/c1-4-6-7-19-42-27-13-12-24(23-28(27)39-3)30-29(31(36)25-10-8-11-26(22-25)41-18-5-2)32(37)33(38)35(30)15-9-14-34-16-20-40-21-17-34/h8,10-13,22-23,30,36H,4-7,9,14-21H2,1-3H3. The molecular weight excluding hydrogens is 536 g/mol. The quantitative estimate of drug-likeness (QED) is 0.133. The molecule has 0 spiro atoms. The number of likely N-dealkylation sites (tertiary alicyclic amines) is 1. The van der Waals surface area contributed by atoms with Crippen molar-refractivity contribution in [1.82, 2.24) is 9.80 Å². The van der Waals surface area contributed by atoms with Crippen molar-refractivity contribution in [3.8, 4) is 17.2 Å². The number of morpholine rings is 1. The Balaban J connectivity index is 1.68. The molecule has 0 aliphatic carbocycles. The Morgan fingerprint density at radius 2 is 1.74 bits per heavy atom. The zero-order valence-corrected chi connectivity index (χ0v) is 25.1. The number of methoxy groups -OCH3 is 1. The highest BCUT2D eigenvalue weighted by atomic mass is 16.5. The summed E-state index contributed by atoms with van der Waals surface area (Å²) in [5.74, 6) is 0.141. The predicted molar refractivity (Wildman–Crippen MR) is 161 cm³/mol. The normalized spacial score (nSPS) is 18.8. The van der Waals surface area contributed by atoms with Crippen molar-refractivity contribution in [1.29, 1.82) is 0 Å². The van der Waals surface area contributed by atoms with Crippen LogP contribution in [0, 0.1) is 0 Å². The smallest absolute Gasteiger partial charge is 0.295 e. The van der Waals surface area contributed by atoms with Crippen LogP contribution in [-0.4, -0.2) is 86.3 Å². The SMILES string of the molecule is CCCCCOc1ccc(C2C(=C(O)c3cccc(OCCC)c3)C(=O)C(=O)N2CCCN2CCOCC2)cc1OC. The Morgan fingerprint density at radius 3 is 2.48 bits per heavy atom. The Kier molecular flexibility index (Phi) is 11.7. The van der Waals surface area contributed by atoms with E-state index < -0.39 is 17.7 Å². The van der Waals surface area contributed by atoms with Gasteiger partial charge in [0.15, 0.2) is 11.5 Å². The monoisotopic (exact) mass is 580 g/mol. The minimum Gasteiger partial charge on any atom is -0.507 e. The average Bonchev–Trinajstić information content (AvgIpc) is 3.27. The minimum absolute atomic E-state index is 0.0534. The molecule has 1 atom stereocenters. The van der Waals surface area contributed by atoms with Gasteiger partial charge in [0, 0.05) is 31.7 Å². The van der Waals surface area contributed by atoms with Crippen LogP contribution in [0.1, 0.15) is 63.1 Å². The first-order valence-electron chi connectivity index (χ1n) is 15.1. The zero-order chi connectivity index (χ0) is 29.9. The molecule has 0 saturated carbocycles. The van der Waals surface area contributed by atoms with Crippen LogP contribution in [0.2, 0.25) is 0 Å². The molecule has 9 nitrogen and oxygen atoms in total. The van der Waals surface area contributed by atoms with Crippen LogP contribution in [0.5, 0.6) is 17.2 Å². The summed E-state index contributed by atoms with van der Waals surface area (Å²) in [7, 11) is 1.57. The number of ketones is 1. The van der Waals surface area contributed by atoms with Gasteiger partial charge in [-0.2, -0.15) is 0 Å². The van der Waals surface area contributed by atoms with Gasteiger partial charge in [0.2, 0.25) is 0 Å². The molecule has 228 valence electrons. The molecule has 2 aromatic carbocycles. The van der Waals surface area contributed by atoms with Gasteiger partial charge in [-0.1, -0.05) is 44.9 Å². The van der Waals surface area contributed by atoms with Gasteiger partial charge in [0.1, 0.15) is 11.5 Å². The molecule has 2 saturated heterocycles. The number of hydrogen-bond acceptors (Lipinski definition) is 8. The van der Waals surface area contributed by atoms with Crippen LogP contribution in [0.25, 0.3) is 5.76 Å². The molecule has 0 radical (unpaired) electrons. The summed E-state index contributed by atoms with van der Waals surface area (Å²) in [5, 5.41) is 11.5. The lowest BCUT2D eigenvalue weighted by Crippen LogP contribution is -2.39. The van der Waals surface area contributed by atoms with Crippen molar-refractivity contribution in [2.45, 2.75) is 52.0 Å². The number of benzene rings is 2. The molecule has 2 aliphatic heterocycles. The van der Waals surface area contributed by atoms with Gasteiger partial charge in [-0.05, 0) is 49.1 Å². The van der Waals surface area contributed by atoms with E-state index in [1.165, 1.54) is 0 Å². The van der Waals surface area contributed by atoms with Crippen LogP contribution in [0.3, 0.4) is 0 Å². The maximum atomic E-state index is 13.5. The summed E-state index contributed by atoms with van der Waals surface area (Å²) in [6.45, 7) is 9.47. The second kappa shape index (κ2) is 15.6. The highest BCUT2D eigenvalue weighted by molar-refractivity contribution is 6.46. The first-order chi connectivity index (χ1) is 20.5. The molecule has 9 heteroatoms. The Morgan fingerprint density at radius 1 is 0.929 bits per heavy atom. The molecule has 2 heterocycles. The summed E-state index contributed by atoms with van der Waals surface area (Å²) in [5.41, 5.74) is 1.14. The number of carbonyl (C=O) groups is 2.